The quantitative estimate of drug-likeness (QED) is 0.458. The standard InChI is InChI=1S/C23H26N6OS/c1-15-24-22(30-27-15)17-9-11-29(12-10-17)21-20-18(16-7-5-4-6-8-16)14-31-23(20)26-19(25-21)13-28(2)3/h4-8,14,17H,9-13H2,1-3H3. The average Bonchev–Trinajstić information content (AvgIpc) is 3.40. The maximum Gasteiger partial charge on any atom is 0.229 e. The van der Waals surface area contributed by atoms with Crippen LogP contribution in [-0.2, 0) is 6.54 Å². The molecule has 8 heteroatoms. The highest BCUT2D eigenvalue weighted by Crippen LogP contribution is 2.40. The summed E-state index contributed by atoms with van der Waals surface area (Å²) in [7, 11) is 4.10. The maximum atomic E-state index is 5.43. The van der Waals surface area contributed by atoms with Crippen LogP contribution in [0.1, 0.15) is 36.3 Å². The number of aromatic nitrogens is 4. The zero-order valence-electron chi connectivity index (χ0n) is 18.1. The Kier molecular flexibility index (Phi) is 5.41. The molecule has 1 aliphatic rings. The summed E-state index contributed by atoms with van der Waals surface area (Å²) in [5.41, 5.74) is 2.41. The van der Waals surface area contributed by atoms with Crippen LogP contribution in [0.5, 0.6) is 0 Å². The molecular formula is C23H26N6OS. The van der Waals surface area contributed by atoms with E-state index in [1.54, 1.807) is 11.3 Å². The van der Waals surface area contributed by atoms with Crippen molar-refractivity contribution >= 4 is 27.4 Å². The molecule has 0 aliphatic carbocycles. The normalized spacial score (nSPS) is 15.3. The first-order valence-electron chi connectivity index (χ1n) is 10.6. The smallest absolute Gasteiger partial charge is 0.229 e. The lowest BCUT2D eigenvalue weighted by atomic mass is 9.96. The molecule has 7 nitrogen and oxygen atoms in total. The lowest BCUT2D eigenvalue weighted by Gasteiger charge is -2.32. The summed E-state index contributed by atoms with van der Waals surface area (Å²) in [6, 6.07) is 10.5. The molecule has 0 spiro atoms. The van der Waals surface area contributed by atoms with Gasteiger partial charge in [0.1, 0.15) is 16.5 Å². The fraction of sp³-hybridized carbons (Fsp3) is 0.391. The number of rotatable bonds is 5. The van der Waals surface area contributed by atoms with Gasteiger partial charge in [0.05, 0.1) is 11.9 Å². The number of hydrogen-bond donors (Lipinski definition) is 0. The maximum absolute atomic E-state index is 5.43. The van der Waals surface area contributed by atoms with Gasteiger partial charge < -0.3 is 14.3 Å². The van der Waals surface area contributed by atoms with Crippen LogP contribution in [0.3, 0.4) is 0 Å². The molecule has 1 aromatic carbocycles. The third-order valence-electron chi connectivity index (χ3n) is 5.69. The zero-order valence-corrected chi connectivity index (χ0v) is 18.9. The predicted molar refractivity (Wildman–Crippen MR) is 123 cm³/mol. The van der Waals surface area contributed by atoms with Gasteiger partial charge >= 0.3 is 0 Å². The highest BCUT2D eigenvalue weighted by molar-refractivity contribution is 7.17. The number of nitrogens with zero attached hydrogens (tertiary/aromatic N) is 6. The summed E-state index contributed by atoms with van der Waals surface area (Å²) < 4.78 is 5.43. The van der Waals surface area contributed by atoms with Gasteiger partial charge in [0, 0.05) is 30.0 Å². The van der Waals surface area contributed by atoms with E-state index in [2.05, 4.69) is 69.7 Å². The molecule has 0 saturated carbocycles. The SMILES string of the molecule is Cc1noc(C2CCN(c3nc(CN(C)C)nc4scc(-c5ccccc5)c34)CC2)n1. The molecule has 4 aromatic rings. The summed E-state index contributed by atoms with van der Waals surface area (Å²) in [5, 5.41) is 7.34. The minimum Gasteiger partial charge on any atom is -0.356 e. The van der Waals surface area contributed by atoms with Gasteiger partial charge in [-0.05, 0) is 39.4 Å². The van der Waals surface area contributed by atoms with Crippen LogP contribution >= 0.6 is 11.3 Å². The Labute approximate surface area is 185 Å². The van der Waals surface area contributed by atoms with E-state index in [-0.39, 0.29) is 0 Å². The van der Waals surface area contributed by atoms with E-state index in [1.807, 2.05) is 6.92 Å². The topological polar surface area (TPSA) is 71.2 Å². The van der Waals surface area contributed by atoms with E-state index in [1.165, 1.54) is 11.1 Å². The molecule has 0 bridgehead atoms. The second kappa shape index (κ2) is 8.36. The summed E-state index contributed by atoms with van der Waals surface area (Å²) in [6.45, 7) is 4.40. The second-order valence-corrected chi connectivity index (χ2v) is 9.20. The van der Waals surface area contributed by atoms with Crippen molar-refractivity contribution in [3.8, 4) is 11.1 Å². The van der Waals surface area contributed by atoms with E-state index < -0.39 is 0 Å². The molecule has 1 fully saturated rings. The van der Waals surface area contributed by atoms with Crippen molar-refractivity contribution in [1.29, 1.82) is 0 Å². The van der Waals surface area contributed by atoms with E-state index in [0.717, 1.165) is 60.2 Å². The van der Waals surface area contributed by atoms with Crippen molar-refractivity contribution in [3.63, 3.8) is 0 Å². The van der Waals surface area contributed by atoms with E-state index >= 15 is 0 Å². The molecule has 1 saturated heterocycles. The summed E-state index contributed by atoms with van der Waals surface area (Å²) in [6.07, 6.45) is 1.95. The number of fused-ring (bicyclic) bond motifs is 1. The summed E-state index contributed by atoms with van der Waals surface area (Å²) in [4.78, 5) is 20.0. The van der Waals surface area contributed by atoms with Crippen molar-refractivity contribution in [1.82, 2.24) is 25.0 Å². The molecule has 160 valence electrons. The first kappa shape index (κ1) is 20.1. The van der Waals surface area contributed by atoms with Gasteiger partial charge in [0.2, 0.25) is 5.89 Å². The Morgan fingerprint density at radius 3 is 2.55 bits per heavy atom. The van der Waals surface area contributed by atoms with Gasteiger partial charge in [-0.3, -0.25) is 0 Å². The number of aryl methyl sites for hydroxylation is 1. The molecule has 3 aromatic heterocycles. The van der Waals surface area contributed by atoms with Crippen LogP contribution < -0.4 is 4.90 Å². The third kappa shape index (κ3) is 4.05. The van der Waals surface area contributed by atoms with Gasteiger partial charge in [-0.1, -0.05) is 35.5 Å². The number of thiophene rings is 1. The van der Waals surface area contributed by atoms with Crippen molar-refractivity contribution < 1.29 is 4.52 Å². The van der Waals surface area contributed by atoms with Crippen molar-refractivity contribution in [3.05, 3.63) is 53.3 Å². The van der Waals surface area contributed by atoms with Gasteiger partial charge in [0.15, 0.2) is 5.82 Å². The molecule has 0 amide bonds. The van der Waals surface area contributed by atoms with Crippen LogP contribution in [0.2, 0.25) is 0 Å². The minimum absolute atomic E-state index is 0.312. The average molecular weight is 435 g/mol. The predicted octanol–water partition coefficient (Wildman–Crippen LogP) is 4.50. The lowest BCUT2D eigenvalue weighted by Crippen LogP contribution is -2.34. The number of hydrogen-bond acceptors (Lipinski definition) is 8. The van der Waals surface area contributed by atoms with E-state index in [0.29, 0.717) is 11.7 Å². The monoisotopic (exact) mass is 434 g/mol. The molecule has 1 aliphatic heterocycles. The first-order chi connectivity index (χ1) is 15.1. The first-order valence-corrected chi connectivity index (χ1v) is 11.5. The molecule has 0 unspecified atom stereocenters. The number of benzene rings is 1. The highest BCUT2D eigenvalue weighted by Gasteiger charge is 2.28. The van der Waals surface area contributed by atoms with Crippen LogP contribution in [0, 0.1) is 6.92 Å². The van der Waals surface area contributed by atoms with Crippen LogP contribution in [0.15, 0.2) is 40.2 Å². The van der Waals surface area contributed by atoms with Gasteiger partial charge in [0.25, 0.3) is 0 Å². The fourth-order valence-electron chi connectivity index (χ4n) is 4.20. The molecule has 0 N–H and O–H groups in total. The van der Waals surface area contributed by atoms with Crippen LogP contribution in [-0.4, -0.2) is 52.2 Å². The van der Waals surface area contributed by atoms with Gasteiger partial charge in [-0.15, -0.1) is 11.3 Å². The highest BCUT2D eigenvalue weighted by atomic mass is 32.1. The summed E-state index contributed by atoms with van der Waals surface area (Å²) in [5.74, 6) is 3.69. The number of piperidine rings is 1. The Hall–Kier alpha value is -2.84. The Morgan fingerprint density at radius 1 is 1.10 bits per heavy atom. The Bertz CT molecular complexity index is 1180. The molecule has 5 rings (SSSR count). The lowest BCUT2D eigenvalue weighted by molar-refractivity contribution is 0.327. The van der Waals surface area contributed by atoms with Gasteiger partial charge in [-0.25, -0.2) is 9.97 Å². The van der Waals surface area contributed by atoms with Crippen LogP contribution in [0.25, 0.3) is 21.3 Å². The molecule has 0 atom stereocenters. The Morgan fingerprint density at radius 2 is 1.87 bits per heavy atom. The second-order valence-electron chi connectivity index (χ2n) is 8.34. The molecular weight excluding hydrogens is 408 g/mol. The zero-order chi connectivity index (χ0) is 21.4. The number of anilines is 1. The molecule has 31 heavy (non-hydrogen) atoms. The Balaban J connectivity index is 1.52. The van der Waals surface area contributed by atoms with E-state index in [9.17, 15) is 0 Å². The molecule has 4 heterocycles. The third-order valence-corrected chi connectivity index (χ3v) is 6.56. The van der Waals surface area contributed by atoms with Crippen molar-refractivity contribution in [2.45, 2.75) is 32.2 Å². The minimum atomic E-state index is 0.312. The fourth-order valence-corrected chi connectivity index (χ4v) is 5.16. The van der Waals surface area contributed by atoms with E-state index in [4.69, 9.17) is 14.5 Å². The summed E-state index contributed by atoms with van der Waals surface area (Å²) >= 11 is 1.70. The largest absolute Gasteiger partial charge is 0.356 e. The van der Waals surface area contributed by atoms with Gasteiger partial charge in [-0.2, -0.15) is 4.98 Å². The van der Waals surface area contributed by atoms with Crippen molar-refractivity contribution in [2.24, 2.45) is 0 Å². The molecule has 0 radical (unpaired) electrons. The van der Waals surface area contributed by atoms with Crippen molar-refractivity contribution in [2.75, 3.05) is 32.1 Å². The van der Waals surface area contributed by atoms with Crippen LogP contribution in [0.4, 0.5) is 5.82 Å².